The molecule has 11 heavy (non-hydrogen) atoms. The van der Waals surface area contributed by atoms with E-state index in [1.807, 2.05) is 0 Å². The number of hydrogen-bond acceptors (Lipinski definition) is 2. The molecule has 0 spiro atoms. The van der Waals surface area contributed by atoms with Crippen molar-refractivity contribution in [3.63, 3.8) is 0 Å². The molecule has 0 unspecified atom stereocenters. The molecule has 0 fully saturated rings. The summed E-state index contributed by atoms with van der Waals surface area (Å²) in [5, 5.41) is 10.3. The molecule has 0 heterocycles. The summed E-state index contributed by atoms with van der Waals surface area (Å²) in [5.41, 5.74) is 0.215. The molecule has 1 rings (SSSR count). The molecule has 4 heteroatoms. The molecule has 1 aromatic carbocycles. The van der Waals surface area contributed by atoms with Crippen molar-refractivity contribution in [2.75, 3.05) is 0 Å². The van der Waals surface area contributed by atoms with Gasteiger partial charge in [-0.1, -0.05) is 0 Å². The molecule has 0 saturated heterocycles. The summed E-state index contributed by atoms with van der Waals surface area (Å²) in [7, 11) is 5.72. The van der Waals surface area contributed by atoms with Gasteiger partial charge in [0.2, 0.25) is 0 Å². The molecule has 1 aromatic rings. The van der Waals surface area contributed by atoms with E-state index in [-0.39, 0.29) is 5.56 Å². The average molecular weight is 356 g/mol. The minimum atomic E-state index is -1.34. The number of benzene rings is 1. The maximum atomic E-state index is 10.3. The summed E-state index contributed by atoms with van der Waals surface area (Å²) >= 11 is -1.34. The quantitative estimate of drug-likeness (QED) is 0.696. The zero-order chi connectivity index (χ0) is 8.27. The van der Waals surface area contributed by atoms with Crippen LogP contribution in [0.1, 0.15) is 10.4 Å². The number of halogens is 1. The molecule has 0 aliphatic carbocycles. The fourth-order valence-electron chi connectivity index (χ4n) is 0.730. The number of carbonyl (C=O) groups excluding carboxylic acids is 1. The third-order valence-corrected chi connectivity index (χ3v) is 7.08. The van der Waals surface area contributed by atoms with Crippen LogP contribution < -0.4 is 8.18 Å². The molecule has 0 N–H and O–H groups in total. The van der Waals surface area contributed by atoms with Gasteiger partial charge in [0.1, 0.15) is 0 Å². The second-order valence-electron chi connectivity index (χ2n) is 2.12. The Morgan fingerprint density at radius 3 is 2.27 bits per heavy atom. The van der Waals surface area contributed by atoms with Crippen molar-refractivity contribution in [2.45, 2.75) is 0 Å². The normalized spacial score (nSPS) is 8.82. The van der Waals surface area contributed by atoms with Crippen molar-refractivity contribution in [1.82, 2.24) is 0 Å². The van der Waals surface area contributed by atoms with E-state index >= 15 is 0 Å². The molecule has 0 radical (unpaired) electrons. The van der Waals surface area contributed by atoms with Gasteiger partial charge in [-0.2, -0.15) is 0 Å². The fraction of sp³-hybridized carbons (Fsp3) is 0. The average Bonchev–Trinajstić information content (AvgIpc) is 2.05. The summed E-state index contributed by atoms with van der Waals surface area (Å²) in [6, 6.07) is 6.60. The van der Waals surface area contributed by atoms with Gasteiger partial charge < -0.3 is 0 Å². The van der Waals surface area contributed by atoms with E-state index in [1.54, 1.807) is 12.1 Å². The summed E-state index contributed by atoms with van der Waals surface area (Å²) in [6.07, 6.45) is 0. The number of carbonyl (C=O) groups is 1. The molecule has 0 aliphatic rings. The topological polar surface area (TPSA) is 40.1 Å². The van der Waals surface area contributed by atoms with E-state index < -0.39 is 29.3 Å². The van der Waals surface area contributed by atoms with Crippen molar-refractivity contribution in [3.8, 4) is 0 Å². The minimum absolute atomic E-state index is 0.215. The van der Waals surface area contributed by atoms with E-state index in [0.29, 0.717) is 0 Å². The molecule has 0 aromatic heterocycles. The van der Waals surface area contributed by atoms with Gasteiger partial charge in [0.25, 0.3) is 0 Å². The third-order valence-electron chi connectivity index (χ3n) is 1.34. The van der Waals surface area contributed by atoms with E-state index in [1.165, 1.54) is 12.1 Å². The van der Waals surface area contributed by atoms with Gasteiger partial charge in [0.05, 0.1) is 0 Å². The van der Waals surface area contributed by atoms with Crippen LogP contribution in [0.3, 0.4) is 0 Å². The molecule has 0 saturated carbocycles. The number of rotatable bonds is 2. The summed E-state index contributed by atoms with van der Waals surface area (Å²) in [5.74, 6) is -1.14. The first-order chi connectivity index (χ1) is 5.24. The zero-order valence-electron chi connectivity index (χ0n) is 5.71. The van der Waals surface area contributed by atoms with Gasteiger partial charge in [-0.15, -0.1) is 0 Å². The van der Waals surface area contributed by atoms with Crippen LogP contribution in [0.5, 0.6) is 0 Å². The van der Waals surface area contributed by atoms with Crippen LogP contribution in [0.15, 0.2) is 24.3 Å². The Kier molecular flexibility index (Phi) is 3.33. The van der Waals surface area contributed by atoms with Gasteiger partial charge in [0.15, 0.2) is 0 Å². The van der Waals surface area contributed by atoms with Crippen LogP contribution in [-0.4, -0.2) is 5.97 Å². The fourth-order valence-corrected chi connectivity index (χ4v) is 3.90. The second-order valence-corrected chi connectivity index (χ2v) is 8.68. The molecule has 0 aliphatic heterocycles. The van der Waals surface area contributed by atoms with Gasteiger partial charge in [-0.05, 0) is 0 Å². The van der Waals surface area contributed by atoms with Crippen LogP contribution in [0.2, 0.25) is 0 Å². The standard InChI is InChI=1S/C7H5O2.ClH.Hg/c8-7(9)6-4-2-1-3-5-6;;/h2-5H,(H,8,9);1H;/q;;+1/p-2. The van der Waals surface area contributed by atoms with Crippen molar-refractivity contribution in [2.24, 2.45) is 0 Å². The molecule has 0 atom stereocenters. The van der Waals surface area contributed by atoms with Gasteiger partial charge in [-0.3, -0.25) is 0 Å². The Morgan fingerprint density at radius 2 is 1.91 bits per heavy atom. The van der Waals surface area contributed by atoms with Crippen LogP contribution in [0, 0.1) is 0 Å². The molecule has 0 amide bonds. The van der Waals surface area contributed by atoms with Crippen LogP contribution in [-0.2, 0) is 23.3 Å². The third kappa shape index (κ3) is 2.45. The Labute approximate surface area is 80.1 Å². The summed E-state index contributed by atoms with van der Waals surface area (Å²) in [4.78, 5) is 10.3. The number of carboxylic acids is 1. The van der Waals surface area contributed by atoms with Crippen molar-refractivity contribution in [1.29, 1.82) is 0 Å². The first kappa shape index (κ1) is 9.01. The predicted octanol–water partition coefficient (Wildman–Crippen LogP) is -0.0883. The first-order valence-corrected chi connectivity index (χ1v) is 12.6. The van der Waals surface area contributed by atoms with Gasteiger partial charge in [0, 0.05) is 0 Å². The van der Waals surface area contributed by atoms with E-state index in [9.17, 15) is 9.90 Å². The Hall–Kier alpha value is -0.0849. The van der Waals surface area contributed by atoms with Crippen LogP contribution >= 0.6 is 8.25 Å². The first-order valence-electron chi connectivity index (χ1n) is 3.10. The van der Waals surface area contributed by atoms with Crippen molar-refractivity contribution >= 4 is 17.3 Å². The van der Waals surface area contributed by atoms with E-state index in [0.717, 1.165) is 3.07 Å². The molecular weight excluding hydrogens is 352 g/mol. The molecule has 2 nitrogen and oxygen atoms in total. The SMILES string of the molecule is O=C([O-])c1cc[c]([Hg][Cl])cc1. The Balaban J connectivity index is 2.91. The van der Waals surface area contributed by atoms with Gasteiger partial charge in [-0.25, -0.2) is 0 Å². The predicted molar refractivity (Wildman–Crippen MR) is 36.3 cm³/mol. The summed E-state index contributed by atoms with van der Waals surface area (Å²) < 4.78 is 1.12. The maximum absolute atomic E-state index is 10.3. The van der Waals surface area contributed by atoms with Crippen LogP contribution in [0.25, 0.3) is 0 Å². The van der Waals surface area contributed by atoms with Crippen molar-refractivity contribution < 1.29 is 33.2 Å². The van der Waals surface area contributed by atoms with Crippen molar-refractivity contribution in [3.05, 3.63) is 29.8 Å². The number of aromatic carboxylic acids is 1. The number of carboxylic acid groups (broad SMARTS) is 1. The summed E-state index contributed by atoms with van der Waals surface area (Å²) in [6.45, 7) is 0. The molecular formula is C7H4ClHgO2-. The monoisotopic (exact) mass is 357 g/mol. The van der Waals surface area contributed by atoms with E-state index in [2.05, 4.69) is 0 Å². The van der Waals surface area contributed by atoms with Gasteiger partial charge >= 0.3 is 80.4 Å². The Morgan fingerprint density at radius 1 is 1.36 bits per heavy atom. The van der Waals surface area contributed by atoms with E-state index in [4.69, 9.17) is 8.25 Å². The van der Waals surface area contributed by atoms with Crippen LogP contribution in [0.4, 0.5) is 0 Å². The second kappa shape index (κ2) is 4.07. The Bertz CT molecular complexity index is 258. The number of hydrogen-bond donors (Lipinski definition) is 0. The molecule has 0 bridgehead atoms. The zero-order valence-corrected chi connectivity index (χ0v) is 12.0. The molecule has 54 valence electrons.